The fourth-order valence-electron chi connectivity index (χ4n) is 1.31. The third-order valence-electron chi connectivity index (χ3n) is 2.27. The average Bonchev–Trinajstić information content (AvgIpc) is 2.20. The smallest absolute Gasteiger partial charge is 0.331 e. The van der Waals surface area contributed by atoms with Crippen molar-refractivity contribution < 1.29 is 14.7 Å². The van der Waals surface area contributed by atoms with Gasteiger partial charge in [0.05, 0.1) is 0 Å². The van der Waals surface area contributed by atoms with Crippen LogP contribution in [-0.4, -0.2) is 16.9 Å². The lowest BCUT2D eigenvalue weighted by atomic mass is 10.1. The normalized spacial score (nSPS) is 11.5. The molecule has 0 atom stereocenters. The van der Waals surface area contributed by atoms with Crippen LogP contribution in [0.5, 0.6) is 0 Å². The quantitative estimate of drug-likeness (QED) is 0.497. The fourth-order valence-corrected chi connectivity index (χ4v) is 1.31. The standard InChI is InChI=1S/C12H20O3/c1-3-5-6-7-8-11(13)9-10(4-2)12(14)15/h9H,3-8H2,1-2H3,(H,14,15). The molecule has 15 heavy (non-hydrogen) atoms. The Balaban J connectivity index is 3.94. The van der Waals surface area contributed by atoms with Crippen LogP contribution in [0.4, 0.5) is 0 Å². The highest BCUT2D eigenvalue weighted by Gasteiger charge is 2.06. The summed E-state index contributed by atoms with van der Waals surface area (Å²) in [4.78, 5) is 22.0. The van der Waals surface area contributed by atoms with E-state index in [1.165, 1.54) is 6.08 Å². The number of carbonyl (C=O) groups is 2. The van der Waals surface area contributed by atoms with Crippen molar-refractivity contribution in [3.63, 3.8) is 0 Å². The largest absolute Gasteiger partial charge is 0.478 e. The molecule has 0 spiro atoms. The van der Waals surface area contributed by atoms with E-state index in [9.17, 15) is 9.59 Å². The second-order valence-corrected chi connectivity index (χ2v) is 3.61. The molecule has 3 nitrogen and oxygen atoms in total. The van der Waals surface area contributed by atoms with Crippen molar-refractivity contribution >= 4 is 11.8 Å². The van der Waals surface area contributed by atoms with E-state index >= 15 is 0 Å². The number of rotatable bonds is 8. The minimum Gasteiger partial charge on any atom is -0.478 e. The summed E-state index contributed by atoms with van der Waals surface area (Å²) in [6.07, 6.45) is 6.32. The zero-order valence-electron chi connectivity index (χ0n) is 9.58. The summed E-state index contributed by atoms with van der Waals surface area (Å²) in [5.74, 6) is -1.05. The van der Waals surface area contributed by atoms with Gasteiger partial charge in [0, 0.05) is 12.0 Å². The maximum absolute atomic E-state index is 11.3. The molecule has 1 N–H and O–H groups in total. The minimum atomic E-state index is -0.987. The average molecular weight is 212 g/mol. The lowest BCUT2D eigenvalue weighted by Crippen LogP contribution is -2.03. The van der Waals surface area contributed by atoms with Crippen molar-refractivity contribution in [1.82, 2.24) is 0 Å². The van der Waals surface area contributed by atoms with Crippen molar-refractivity contribution in [3.05, 3.63) is 11.6 Å². The van der Waals surface area contributed by atoms with Gasteiger partial charge in [-0.25, -0.2) is 4.79 Å². The number of hydrogen-bond acceptors (Lipinski definition) is 2. The first-order valence-corrected chi connectivity index (χ1v) is 5.58. The van der Waals surface area contributed by atoms with Crippen LogP contribution in [0.1, 0.15) is 52.4 Å². The Morgan fingerprint density at radius 2 is 1.80 bits per heavy atom. The van der Waals surface area contributed by atoms with Gasteiger partial charge in [-0.15, -0.1) is 0 Å². The highest BCUT2D eigenvalue weighted by atomic mass is 16.4. The summed E-state index contributed by atoms with van der Waals surface area (Å²) >= 11 is 0. The molecule has 0 aromatic rings. The molecule has 0 saturated carbocycles. The van der Waals surface area contributed by atoms with E-state index in [-0.39, 0.29) is 11.4 Å². The summed E-state index contributed by atoms with van der Waals surface area (Å²) in [5, 5.41) is 8.71. The second kappa shape index (κ2) is 8.21. The highest BCUT2D eigenvalue weighted by molar-refractivity contribution is 5.98. The van der Waals surface area contributed by atoms with Gasteiger partial charge in [-0.1, -0.05) is 33.1 Å². The zero-order chi connectivity index (χ0) is 11.7. The maximum Gasteiger partial charge on any atom is 0.331 e. The lowest BCUT2D eigenvalue weighted by Gasteiger charge is -1.98. The third kappa shape index (κ3) is 6.89. The SMILES string of the molecule is CCCCCCC(=O)C=C(CC)C(=O)O. The van der Waals surface area contributed by atoms with E-state index in [0.717, 1.165) is 25.7 Å². The highest BCUT2D eigenvalue weighted by Crippen LogP contribution is 2.06. The molecule has 0 aliphatic carbocycles. The van der Waals surface area contributed by atoms with Crippen LogP contribution in [0.25, 0.3) is 0 Å². The topological polar surface area (TPSA) is 54.4 Å². The maximum atomic E-state index is 11.3. The lowest BCUT2D eigenvalue weighted by molar-refractivity contribution is -0.133. The molecule has 0 unspecified atom stereocenters. The van der Waals surface area contributed by atoms with Crippen LogP contribution in [-0.2, 0) is 9.59 Å². The molecule has 0 fully saturated rings. The van der Waals surface area contributed by atoms with Crippen LogP contribution in [0.2, 0.25) is 0 Å². The van der Waals surface area contributed by atoms with Crippen LogP contribution in [0.15, 0.2) is 11.6 Å². The number of carbonyl (C=O) groups excluding carboxylic acids is 1. The molecule has 0 aromatic heterocycles. The molecule has 0 radical (unpaired) electrons. The first kappa shape index (κ1) is 13.9. The number of carboxylic acids is 1. The van der Waals surface area contributed by atoms with E-state index in [0.29, 0.717) is 12.8 Å². The van der Waals surface area contributed by atoms with Crippen LogP contribution in [0.3, 0.4) is 0 Å². The van der Waals surface area contributed by atoms with Gasteiger partial charge in [0.25, 0.3) is 0 Å². The molecule has 0 aliphatic heterocycles. The molecular weight excluding hydrogens is 192 g/mol. The molecule has 86 valence electrons. The van der Waals surface area contributed by atoms with E-state index in [1.807, 2.05) is 0 Å². The van der Waals surface area contributed by atoms with Gasteiger partial charge in [-0.3, -0.25) is 4.79 Å². The Kier molecular flexibility index (Phi) is 7.60. The number of ketones is 1. The van der Waals surface area contributed by atoms with Crippen molar-refractivity contribution in [3.8, 4) is 0 Å². The number of carboxylic acid groups (broad SMARTS) is 1. The monoisotopic (exact) mass is 212 g/mol. The van der Waals surface area contributed by atoms with Gasteiger partial charge in [0.15, 0.2) is 5.78 Å². The number of hydrogen-bond donors (Lipinski definition) is 1. The van der Waals surface area contributed by atoms with E-state index in [4.69, 9.17) is 5.11 Å². The first-order chi connectivity index (χ1) is 7.11. The summed E-state index contributed by atoms with van der Waals surface area (Å²) in [6, 6.07) is 0. The Labute approximate surface area is 91.2 Å². The molecule has 0 aromatic carbocycles. The molecule has 0 rings (SSSR count). The van der Waals surface area contributed by atoms with Crippen molar-refractivity contribution in [2.45, 2.75) is 52.4 Å². The van der Waals surface area contributed by atoms with Gasteiger partial charge in [0.2, 0.25) is 0 Å². The van der Waals surface area contributed by atoms with Crippen LogP contribution < -0.4 is 0 Å². The van der Waals surface area contributed by atoms with E-state index in [1.54, 1.807) is 6.92 Å². The second-order valence-electron chi connectivity index (χ2n) is 3.61. The molecule has 0 saturated heterocycles. The number of unbranched alkanes of at least 4 members (excludes halogenated alkanes) is 3. The Morgan fingerprint density at radius 1 is 1.13 bits per heavy atom. The molecule has 0 bridgehead atoms. The first-order valence-electron chi connectivity index (χ1n) is 5.58. The van der Waals surface area contributed by atoms with Gasteiger partial charge < -0.3 is 5.11 Å². The third-order valence-corrected chi connectivity index (χ3v) is 2.27. The predicted octanol–water partition coefficient (Wildman–Crippen LogP) is 2.95. The Morgan fingerprint density at radius 3 is 2.27 bits per heavy atom. The van der Waals surface area contributed by atoms with E-state index in [2.05, 4.69) is 6.92 Å². The molecule has 0 aliphatic rings. The fraction of sp³-hybridized carbons (Fsp3) is 0.667. The zero-order valence-corrected chi connectivity index (χ0v) is 9.58. The van der Waals surface area contributed by atoms with Crippen molar-refractivity contribution in [2.75, 3.05) is 0 Å². The van der Waals surface area contributed by atoms with Crippen LogP contribution >= 0.6 is 0 Å². The Hall–Kier alpha value is -1.12. The predicted molar refractivity (Wildman–Crippen MR) is 59.8 cm³/mol. The van der Waals surface area contributed by atoms with Crippen LogP contribution in [0, 0.1) is 0 Å². The Bertz CT molecular complexity index is 241. The minimum absolute atomic E-state index is 0.0645. The number of allylic oxidation sites excluding steroid dienone is 1. The van der Waals surface area contributed by atoms with Gasteiger partial charge >= 0.3 is 5.97 Å². The summed E-state index contributed by atoms with van der Waals surface area (Å²) in [5.41, 5.74) is 0.204. The van der Waals surface area contributed by atoms with Crippen molar-refractivity contribution in [2.24, 2.45) is 0 Å². The summed E-state index contributed by atoms with van der Waals surface area (Å²) < 4.78 is 0. The van der Waals surface area contributed by atoms with Gasteiger partial charge in [-0.05, 0) is 18.9 Å². The summed E-state index contributed by atoms with van der Waals surface area (Å²) in [7, 11) is 0. The molecule has 3 heteroatoms. The van der Waals surface area contributed by atoms with E-state index < -0.39 is 5.97 Å². The molecule has 0 heterocycles. The molecule has 0 amide bonds. The summed E-state index contributed by atoms with van der Waals surface area (Å²) in [6.45, 7) is 3.85. The number of aliphatic carboxylic acids is 1. The molecular formula is C12H20O3. The van der Waals surface area contributed by atoms with Gasteiger partial charge in [-0.2, -0.15) is 0 Å². The van der Waals surface area contributed by atoms with Gasteiger partial charge in [0.1, 0.15) is 0 Å². The van der Waals surface area contributed by atoms with Crippen molar-refractivity contribution in [1.29, 1.82) is 0 Å².